The Labute approximate surface area is 177 Å². The number of fused-ring (bicyclic) bond motifs is 1. The number of hydrogen-bond donors (Lipinski definition) is 2. The van der Waals surface area contributed by atoms with Crippen LogP contribution in [0.2, 0.25) is 5.02 Å². The van der Waals surface area contributed by atoms with Crippen molar-refractivity contribution in [2.24, 2.45) is 0 Å². The molecule has 0 atom stereocenters. The summed E-state index contributed by atoms with van der Waals surface area (Å²) in [7, 11) is 0. The van der Waals surface area contributed by atoms with Gasteiger partial charge in [0.2, 0.25) is 0 Å². The highest BCUT2D eigenvalue weighted by Crippen LogP contribution is 2.34. The number of amides is 1. The second-order valence-corrected chi connectivity index (χ2v) is 7.34. The molecule has 30 heavy (non-hydrogen) atoms. The minimum atomic E-state index is -0.503. The van der Waals surface area contributed by atoms with Gasteiger partial charge < -0.3 is 19.9 Å². The Kier molecular flexibility index (Phi) is 5.61. The lowest BCUT2D eigenvalue weighted by Gasteiger charge is -2.31. The molecule has 8 nitrogen and oxygen atoms in total. The number of ether oxygens (including phenoxy) is 1. The van der Waals surface area contributed by atoms with Crippen molar-refractivity contribution in [3.05, 3.63) is 67.8 Å². The first kappa shape index (κ1) is 20.2. The Morgan fingerprint density at radius 1 is 1.20 bits per heavy atom. The number of carbonyl (C=O) groups is 1. The van der Waals surface area contributed by atoms with Gasteiger partial charge in [-0.25, -0.2) is 4.79 Å². The highest BCUT2D eigenvalue weighted by Gasteiger charge is 2.20. The molecule has 3 aromatic rings. The molecule has 9 heteroatoms. The molecule has 0 spiro atoms. The predicted octanol–water partition coefficient (Wildman–Crippen LogP) is 2.45. The van der Waals surface area contributed by atoms with Gasteiger partial charge in [-0.3, -0.25) is 14.2 Å². The van der Waals surface area contributed by atoms with Crippen molar-refractivity contribution in [1.82, 2.24) is 9.55 Å². The van der Waals surface area contributed by atoms with E-state index in [2.05, 4.69) is 15.2 Å². The van der Waals surface area contributed by atoms with Crippen LogP contribution < -0.4 is 21.5 Å². The van der Waals surface area contributed by atoms with E-state index < -0.39 is 5.69 Å². The van der Waals surface area contributed by atoms with Crippen molar-refractivity contribution >= 4 is 39.8 Å². The number of carbonyl (C=O) groups excluding carboxylic acids is 1. The van der Waals surface area contributed by atoms with Crippen LogP contribution in [0.5, 0.6) is 0 Å². The lowest BCUT2D eigenvalue weighted by atomic mass is 10.1. The average Bonchev–Trinajstić information content (AvgIpc) is 2.74. The molecule has 0 radical (unpaired) electrons. The van der Waals surface area contributed by atoms with Crippen molar-refractivity contribution in [3.8, 4) is 0 Å². The number of aromatic amines is 1. The third-order valence-electron chi connectivity index (χ3n) is 5.12. The quantitative estimate of drug-likeness (QED) is 0.665. The summed E-state index contributed by atoms with van der Waals surface area (Å²) in [5.74, 6) is -0.366. The highest BCUT2D eigenvalue weighted by atomic mass is 35.5. The van der Waals surface area contributed by atoms with Crippen molar-refractivity contribution in [3.63, 3.8) is 0 Å². The molecule has 156 valence electrons. The monoisotopic (exact) mass is 428 g/mol. The molecule has 4 rings (SSSR count). The fourth-order valence-corrected chi connectivity index (χ4v) is 3.90. The summed E-state index contributed by atoms with van der Waals surface area (Å²) in [4.78, 5) is 42.2. The van der Waals surface area contributed by atoms with Gasteiger partial charge >= 0.3 is 5.69 Å². The van der Waals surface area contributed by atoms with Gasteiger partial charge in [0.05, 0.1) is 40.5 Å². The van der Waals surface area contributed by atoms with Crippen LogP contribution in [0.3, 0.4) is 0 Å². The van der Waals surface area contributed by atoms with E-state index in [1.165, 1.54) is 6.07 Å². The molecular formula is C21H21ClN4O4. The van der Waals surface area contributed by atoms with Crippen LogP contribution in [0, 0.1) is 0 Å². The molecule has 2 heterocycles. The van der Waals surface area contributed by atoms with Crippen LogP contribution in [0.4, 0.5) is 11.4 Å². The molecule has 2 N–H and O–H groups in total. The zero-order valence-corrected chi connectivity index (χ0v) is 17.2. The van der Waals surface area contributed by atoms with Gasteiger partial charge in [-0.15, -0.1) is 0 Å². The van der Waals surface area contributed by atoms with Gasteiger partial charge in [-0.2, -0.15) is 0 Å². The van der Waals surface area contributed by atoms with Crippen LogP contribution in [-0.2, 0) is 11.3 Å². The minimum absolute atomic E-state index is 0.269. The smallest absolute Gasteiger partial charge is 0.328 e. The van der Waals surface area contributed by atoms with Crippen molar-refractivity contribution in [2.75, 3.05) is 36.5 Å². The van der Waals surface area contributed by atoms with Gasteiger partial charge in [0.15, 0.2) is 0 Å². The van der Waals surface area contributed by atoms with Crippen LogP contribution >= 0.6 is 11.6 Å². The summed E-state index contributed by atoms with van der Waals surface area (Å²) in [6.45, 7) is 4.52. The van der Waals surface area contributed by atoms with Gasteiger partial charge in [0.1, 0.15) is 0 Å². The molecule has 0 unspecified atom stereocenters. The number of benzene rings is 2. The summed E-state index contributed by atoms with van der Waals surface area (Å²) in [5, 5.41) is 3.79. The van der Waals surface area contributed by atoms with E-state index in [1.54, 1.807) is 37.3 Å². The first-order valence-corrected chi connectivity index (χ1v) is 10.1. The Morgan fingerprint density at radius 3 is 2.70 bits per heavy atom. The van der Waals surface area contributed by atoms with Crippen molar-refractivity contribution in [1.29, 1.82) is 0 Å². The molecule has 1 fully saturated rings. The Hall–Kier alpha value is -3.10. The molecule has 1 aromatic heterocycles. The Balaban J connectivity index is 1.68. The second kappa shape index (κ2) is 8.33. The maximum Gasteiger partial charge on any atom is 0.328 e. The Bertz CT molecular complexity index is 1230. The molecule has 2 aromatic carbocycles. The van der Waals surface area contributed by atoms with E-state index in [9.17, 15) is 14.4 Å². The van der Waals surface area contributed by atoms with E-state index in [0.717, 1.165) is 10.3 Å². The maximum atomic E-state index is 12.9. The lowest BCUT2D eigenvalue weighted by molar-refractivity contribution is 0.102. The SMILES string of the molecule is CCn1c(=O)[nH]c2cc(C(=O)Nc3cccc(Cl)c3N3CCOCC3)ccc2c1=O. The minimum Gasteiger partial charge on any atom is -0.378 e. The fourth-order valence-electron chi connectivity index (χ4n) is 3.60. The summed E-state index contributed by atoms with van der Waals surface area (Å²) in [5.41, 5.74) is 1.09. The lowest BCUT2D eigenvalue weighted by Crippen LogP contribution is -2.37. The van der Waals surface area contributed by atoms with Crippen molar-refractivity contribution in [2.45, 2.75) is 13.5 Å². The van der Waals surface area contributed by atoms with E-state index in [-0.39, 0.29) is 18.0 Å². The fraction of sp³-hybridized carbons (Fsp3) is 0.286. The predicted molar refractivity (Wildman–Crippen MR) is 117 cm³/mol. The standard InChI is InChI=1S/C21H21ClN4O4/c1-2-26-20(28)14-7-6-13(12-17(14)24-21(26)29)19(27)23-16-5-3-4-15(22)18(16)25-8-10-30-11-9-25/h3-7,12H,2,8-11H2,1H3,(H,23,27)(H,24,29). The average molecular weight is 429 g/mol. The van der Waals surface area contributed by atoms with Gasteiger partial charge in [-0.1, -0.05) is 17.7 Å². The second-order valence-electron chi connectivity index (χ2n) is 6.93. The normalized spacial score (nSPS) is 14.1. The zero-order valence-electron chi connectivity index (χ0n) is 16.4. The number of H-pyrrole nitrogens is 1. The number of nitrogens with zero attached hydrogens (tertiary/aromatic N) is 2. The zero-order chi connectivity index (χ0) is 21.3. The molecule has 1 saturated heterocycles. The first-order valence-electron chi connectivity index (χ1n) is 9.69. The summed E-state index contributed by atoms with van der Waals surface area (Å²) in [6, 6.07) is 9.96. The Morgan fingerprint density at radius 2 is 1.97 bits per heavy atom. The third kappa shape index (κ3) is 3.71. The van der Waals surface area contributed by atoms with E-state index in [4.69, 9.17) is 16.3 Å². The molecule has 0 aliphatic carbocycles. The molecule has 1 aliphatic heterocycles. The van der Waals surface area contributed by atoms with Gasteiger partial charge in [0, 0.05) is 25.2 Å². The molecule has 1 aliphatic rings. The summed E-state index contributed by atoms with van der Waals surface area (Å²) >= 11 is 6.42. The number of halogens is 1. The van der Waals surface area contributed by atoms with Crippen LogP contribution in [0.1, 0.15) is 17.3 Å². The topological polar surface area (TPSA) is 96.4 Å². The number of aromatic nitrogens is 2. The van der Waals surface area contributed by atoms with Crippen molar-refractivity contribution < 1.29 is 9.53 Å². The molecule has 0 bridgehead atoms. The van der Waals surface area contributed by atoms with Crippen LogP contribution in [-0.4, -0.2) is 41.8 Å². The van der Waals surface area contributed by atoms with Crippen LogP contribution in [0.25, 0.3) is 10.9 Å². The third-order valence-corrected chi connectivity index (χ3v) is 5.43. The number of para-hydroxylation sites is 1. The van der Waals surface area contributed by atoms with E-state index >= 15 is 0 Å². The number of hydrogen-bond acceptors (Lipinski definition) is 5. The van der Waals surface area contributed by atoms with Gasteiger partial charge in [-0.05, 0) is 37.3 Å². The number of rotatable bonds is 4. The molecule has 0 saturated carbocycles. The molecule has 1 amide bonds. The number of morpholine rings is 1. The highest BCUT2D eigenvalue weighted by molar-refractivity contribution is 6.34. The van der Waals surface area contributed by atoms with Crippen LogP contribution in [0.15, 0.2) is 46.0 Å². The molecular weight excluding hydrogens is 408 g/mol. The first-order chi connectivity index (χ1) is 14.5. The summed E-state index contributed by atoms with van der Waals surface area (Å²) < 4.78 is 6.51. The largest absolute Gasteiger partial charge is 0.378 e. The number of anilines is 2. The number of nitrogens with one attached hydrogen (secondary N) is 2. The van der Waals surface area contributed by atoms with E-state index in [1.807, 2.05) is 0 Å². The summed E-state index contributed by atoms with van der Waals surface area (Å²) in [6.07, 6.45) is 0. The maximum absolute atomic E-state index is 12.9. The van der Waals surface area contributed by atoms with Gasteiger partial charge in [0.25, 0.3) is 11.5 Å². The van der Waals surface area contributed by atoms with E-state index in [0.29, 0.717) is 53.5 Å².